The van der Waals surface area contributed by atoms with Gasteiger partial charge in [0, 0.05) is 13.1 Å². The van der Waals surface area contributed by atoms with Crippen LogP contribution < -0.4 is 15.8 Å². The molecule has 2 atom stereocenters. The van der Waals surface area contributed by atoms with Crippen molar-refractivity contribution in [3.63, 3.8) is 0 Å². The maximum absolute atomic E-state index is 12.0. The highest BCUT2D eigenvalue weighted by Gasteiger charge is 2.29. The average molecular weight is 343 g/mol. The van der Waals surface area contributed by atoms with E-state index in [2.05, 4.69) is 21.2 Å². The highest BCUT2D eigenvalue weighted by molar-refractivity contribution is 9.10. The molecule has 3 N–H and O–H groups in total. The zero-order chi connectivity index (χ0) is 14.5. The van der Waals surface area contributed by atoms with Gasteiger partial charge in [-0.3, -0.25) is 4.79 Å². The first-order valence-electron chi connectivity index (χ1n) is 6.59. The van der Waals surface area contributed by atoms with Gasteiger partial charge in [0.1, 0.15) is 11.9 Å². The van der Waals surface area contributed by atoms with Crippen molar-refractivity contribution < 1.29 is 14.3 Å². The van der Waals surface area contributed by atoms with Gasteiger partial charge in [-0.15, -0.1) is 0 Å². The minimum Gasteiger partial charge on any atom is -0.496 e. The molecule has 1 heterocycles. The minimum atomic E-state index is -0.370. The fraction of sp³-hybridized carbons (Fsp3) is 0.500. The van der Waals surface area contributed by atoms with Gasteiger partial charge < -0.3 is 20.5 Å². The predicted molar refractivity (Wildman–Crippen MR) is 79.5 cm³/mol. The molecule has 0 bridgehead atoms. The Labute approximate surface area is 126 Å². The van der Waals surface area contributed by atoms with Crippen LogP contribution >= 0.6 is 15.9 Å². The molecule has 2 rings (SSSR count). The normalized spacial score (nSPS) is 21.8. The molecule has 1 aliphatic heterocycles. The summed E-state index contributed by atoms with van der Waals surface area (Å²) in [7, 11) is 1.62. The number of carbonyl (C=O) groups is 1. The van der Waals surface area contributed by atoms with E-state index in [4.69, 9.17) is 15.2 Å². The van der Waals surface area contributed by atoms with E-state index >= 15 is 0 Å². The number of rotatable bonds is 5. The van der Waals surface area contributed by atoms with Crippen molar-refractivity contribution in [2.24, 2.45) is 5.73 Å². The SMILES string of the molecule is COc1ccc(CNC(=O)[C@@H]2CC[C@H](CN)O2)cc1Br. The van der Waals surface area contributed by atoms with Crippen molar-refractivity contribution in [1.82, 2.24) is 5.32 Å². The van der Waals surface area contributed by atoms with Crippen molar-refractivity contribution in [2.45, 2.75) is 31.6 Å². The van der Waals surface area contributed by atoms with Crippen molar-refractivity contribution in [3.8, 4) is 5.75 Å². The number of nitrogens with two attached hydrogens (primary N) is 1. The number of benzene rings is 1. The average Bonchev–Trinajstić information content (AvgIpc) is 2.94. The minimum absolute atomic E-state index is 0.0147. The summed E-state index contributed by atoms with van der Waals surface area (Å²) in [5, 5.41) is 2.88. The number of carbonyl (C=O) groups excluding carboxylic acids is 1. The van der Waals surface area contributed by atoms with Gasteiger partial charge in [-0.25, -0.2) is 0 Å². The van der Waals surface area contributed by atoms with Crippen LogP contribution in [0.2, 0.25) is 0 Å². The van der Waals surface area contributed by atoms with Gasteiger partial charge >= 0.3 is 0 Å². The summed E-state index contributed by atoms with van der Waals surface area (Å²) in [5.41, 5.74) is 6.53. The van der Waals surface area contributed by atoms with E-state index in [1.807, 2.05) is 18.2 Å². The molecule has 1 amide bonds. The zero-order valence-corrected chi connectivity index (χ0v) is 13.0. The lowest BCUT2D eigenvalue weighted by atomic mass is 10.1. The molecule has 0 saturated carbocycles. The maximum atomic E-state index is 12.0. The van der Waals surface area contributed by atoms with E-state index in [9.17, 15) is 4.79 Å². The summed E-state index contributed by atoms with van der Waals surface area (Å²) in [6, 6.07) is 5.71. The molecule has 0 spiro atoms. The van der Waals surface area contributed by atoms with Crippen LogP contribution in [0.25, 0.3) is 0 Å². The van der Waals surface area contributed by atoms with Crippen molar-refractivity contribution in [2.75, 3.05) is 13.7 Å². The molecule has 0 unspecified atom stereocenters. The Bertz CT molecular complexity index is 481. The van der Waals surface area contributed by atoms with Gasteiger partial charge in [0.2, 0.25) is 5.91 Å². The molecule has 1 fully saturated rings. The van der Waals surface area contributed by atoms with Crippen LogP contribution in [0.1, 0.15) is 18.4 Å². The third-order valence-electron chi connectivity index (χ3n) is 3.35. The highest BCUT2D eigenvalue weighted by atomic mass is 79.9. The number of ether oxygens (including phenoxy) is 2. The van der Waals surface area contributed by atoms with E-state index in [-0.39, 0.29) is 18.1 Å². The van der Waals surface area contributed by atoms with E-state index < -0.39 is 0 Å². The molecule has 0 aliphatic carbocycles. The monoisotopic (exact) mass is 342 g/mol. The fourth-order valence-electron chi connectivity index (χ4n) is 2.19. The number of nitrogens with one attached hydrogen (secondary N) is 1. The molecule has 20 heavy (non-hydrogen) atoms. The van der Waals surface area contributed by atoms with Gasteiger partial charge in [0.15, 0.2) is 0 Å². The lowest BCUT2D eigenvalue weighted by Crippen LogP contribution is -2.35. The van der Waals surface area contributed by atoms with E-state index in [1.54, 1.807) is 7.11 Å². The summed E-state index contributed by atoms with van der Waals surface area (Å²) < 4.78 is 11.6. The zero-order valence-electron chi connectivity index (χ0n) is 11.4. The number of amides is 1. The first-order valence-corrected chi connectivity index (χ1v) is 7.39. The van der Waals surface area contributed by atoms with E-state index in [0.29, 0.717) is 13.1 Å². The Kier molecular flexibility index (Phi) is 5.39. The molecule has 6 heteroatoms. The molecule has 110 valence electrons. The van der Waals surface area contributed by atoms with Gasteiger partial charge in [-0.1, -0.05) is 6.07 Å². The van der Waals surface area contributed by atoms with Gasteiger partial charge in [-0.2, -0.15) is 0 Å². The number of methoxy groups -OCH3 is 1. The Morgan fingerprint density at radius 2 is 2.35 bits per heavy atom. The summed E-state index contributed by atoms with van der Waals surface area (Å²) in [6.07, 6.45) is 1.23. The smallest absolute Gasteiger partial charge is 0.249 e. The Morgan fingerprint density at radius 1 is 1.55 bits per heavy atom. The second kappa shape index (κ2) is 7.06. The summed E-state index contributed by atoms with van der Waals surface area (Å²) in [6.45, 7) is 0.934. The first-order chi connectivity index (χ1) is 9.63. The molecule has 1 saturated heterocycles. The topological polar surface area (TPSA) is 73.6 Å². The maximum Gasteiger partial charge on any atom is 0.249 e. The lowest BCUT2D eigenvalue weighted by Gasteiger charge is -2.13. The molecule has 1 aromatic rings. The molecule has 0 radical (unpaired) electrons. The van der Waals surface area contributed by atoms with Crippen LogP contribution in [-0.4, -0.2) is 31.8 Å². The molecule has 1 aliphatic rings. The Morgan fingerprint density at radius 3 is 2.95 bits per heavy atom. The lowest BCUT2D eigenvalue weighted by molar-refractivity contribution is -0.132. The quantitative estimate of drug-likeness (QED) is 0.851. The van der Waals surface area contributed by atoms with Crippen molar-refractivity contribution >= 4 is 21.8 Å². The fourth-order valence-corrected chi connectivity index (χ4v) is 2.78. The third-order valence-corrected chi connectivity index (χ3v) is 3.97. The van der Waals surface area contributed by atoms with Crippen molar-refractivity contribution in [1.29, 1.82) is 0 Å². The van der Waals surface area contributed by atoms with Crippen LogP contribution in [0.4, 0.5) is 0 Å². The number of hydrogen-bond acceptors (Lipinski definition) is 4. The van der Waals surface area contributed by atoms with Gasteiger partial charge in [0.05, 0.1) is 17.7 Å². The summed E-state index contributed by atoms with van der Waals surface area (Å²) in [5.74, 6) is 0.692. The molecule has 0 aromatic heterocycles. The number of hydrogen-bond donors (Lipinski definition) is 2. The van der Waals surface area contributed by atoms with E-state index in [1.165, 1.54) is 0 Å². The van der Waals surface area contributed by atoms with Gasteiger partial charge in [-0.05, 0) is 46.5 Å². The molecular formula is C14H19BrN2O3. The second-order valence-electron chi connectivity index (χ2n) is 4.75. The summed E-state index contributed by atoms with van der Waals surface area (Å²) >= 11 is 3.42. The largest absolute Gasteiger partial charge is 0.496 e. The van der Waals surface area contributed by atoms with Crippen LogP contribution in [0.5, 0.6) is 5.75 Å². The van der Waals surface area contributed by atoms with Crippen LogP contribution in [0, 0.1) is 0 Å². The van der Waals surface area contributed by atoms with Crippen molar-refractivity contribution in [3.05, 3.63) is 28.2 Å². The first kappa shape index (κ1) is 15.3. The Hall–Kier alpha value is -1.11. The predicted octanol–water partition coefficient (Wildman–Crippen LogP) is 1.58. The number of halogens is 1. The van der Waals surface area contributed by atoms with Crippen LogP contribution in [0.3, 0.4) is 0 Å². The molecular weight excluding hydrogens is 324 g/mol. The van der Waals surface area contributed by atoms with Crippen LogP contribution in [0.15, 0.2) is 22.7 Å². The highest BCUT2D eigenvalue weighted by Crippen LogP contribution is 2.25. The molecule has 5 nitrogen and oxygen atoms in total. The second-order valence-corrected chi connectivity index (χ2v) is 5.60. The molecule has 1 aromatic carbocycles. The Balaban J connectivity index is 1.86. The third kappa shape index (κ3) is 3.71. The standard InChI is InChI=1S/C14H19BrN2O3/c1-19-12-4-2-9(6-11(12)15)8-17-14(18)13-5-3-10(7-16)20-13/h2,4,6,10,13H,3,5,7-8,16H2,1H3,(H,17,18)/t10-,13+/m1/s1. The van der Waals surface area contributed by atoms with E-state index in [0.717, 1.165) is 28.6 Å². The van der Waals surface area contributed by atoms with Crippen LogP contribution in [-0.2, 0) is 16.1 Å². The van der Waals surface area contributed by atoms with Gasteiger partial charge in [0.25, 0.3) is 0 Å². The summed E-state index contributed by atoms with van der Waals surface area (Å²) in [4.78, 5) is 12.0.